The van der Waals surface area contributed by atoms with Gasteiger partial charge in [-0.05, 0) is 102 Å². The van der Waals surface area contributed by atoms with Gasteiger partial charge in [0.05, 0.1) is 0 Å². The number of carbonyl (C=O) groups excluding carboxylic acids is 2. The molecule has 2 aliphatic rings. The van der Waals surface area contributed by atoms with Crippen molar-refractivity contribution in [1.82, 2.24) is 10.6 Å². The van der Waals surface area contributed by atoms with Crippen LogP contribution in [0.1, 0.15) is 108 Å². The molecule has 8 atom stereocenters. The molecule has 4 N–H and O–H groups in total. The lowest BCUT2D eigenvalue weighted by Crippen LogP contribution is -2.66. The van der Waals surface area contributed by atoms with Crippen LogP contribution in [-0.4, -0.2) is 46.6 Å². The molecule has 0 aliphatic carbocycles. The van der Waals surface area contributed by atoms with Gasteiger partial charge >= 0.3 is 12.2 Å². The van der Waals surface area contributed by atoms with Crippen LogP contribution in [0.2, 0.25) is 0 Å². The van der Waals surface area contributed by atoms with E-state index in [4.69, 9.17) is 14.2 Å². The van der Waals surface area contributed by atoms with E-state index >= 15 is 0 Å². The molecule has 0 aromatic heterocycles. The van der Waals surface area contributed by atoms with Crippen LogP contribution in [0, 0.1) is 11.8 Å². The molecule has 9 heteroatoms. The first-order chi connectivity index (χ1) is 22.1. The smallest absolute Gasteiger partial charge is 0.411 e. The summed E-state index contributed by atoms with van der Waals surface area (Å²) in [5.41, 5.74) is 0.867. The number of hydrogen-bond acceptors (Lipinski definition) is 7. The topological polar surface area (TPSA) is 110 Å². The molecule has 2 aliphatic heterocycles. The molecule has 0 radical (unpaired) electrons. The zero-order valence-electron chi connectivity index (χ0n) is 30.2. The molecular weight excluding hydrogens is 592 g/mol. The Morgan fingerprint density at radius 1 is 0.638 bits per heavy atom. The van der Waals surface area contributed by atoms with E-state index < -0.39 is 12.2 Å². The lowest BCUT2D eigenvalue weighted by atomic mass is 9.70. The predicted octanol–water partition coefficient (Wildman–Crippen LogP) is 9.25. The Balaban J connectivity index is 1.29. The SMILES string of the molecule is CCC1(C)CC(OC(=O)Nc2ccc(Oc3ccc(NC(=O)OC4CC(C)(CC)NC(C)(CC)C4C)cc3)cc2)C(C)C(C)(CC)N1. The van der Waals surface area contributed by atoms with Gasteiger partial charge in [-0.3, -0.25) is 10.6 Å². The van der Waals surface area contributed by atoms with Gasteiger partial charge in [-0.1, -0.05) is 41.5 Å². The van der Waals surface area contributed by atoms with E-state index in [-0.39, 0.29) is 46.2 Å². The van der Waals surface area contributed by atoms with E-state index in [9.17, 15) is 9.59 Å². The molecule has 0 bridgehead atoms. The van der Waals surface area contributed by atoms with Crippen molar-refractivity contribution in [2.45, 2.75) is 142 Å². The Labute approximate surface area is 282 Å². The van der Waals surface area contributed by atoms with Crippen molar-refractivity contribution in [2.75, 3.05) is 10.6 Å². The number of carbonyl (C=O) groups is 2. The zero-order chi connectivity index (χ0) is 34.6. The fourth-order valence-corrected chi connectivity index (χ4v) is 7.26. The summed E-state index contributed by atoms with van der Waals surface area (Å²) in [6.45, 7) is 21.8. The highest BCUT2D eigenvalue weighted by Crippen LogP contribution is 2.40. The zero-order valence-corrected chi connectivity index (χ0v) is 30.2. The van der Waals surface area contributed by atoms with Gasteiger partial charge in [0.1, 0.15) is 23.7 Å². The van der Waals surface area contributed by atoms with Crippen molar-refractivity contribution in [3.05, 3.63) is 48.5 Å². The molecule has 260 valence electrons. The van der Waals surface area contributed by atoms with Crippen molar-refractivity contribution >= 4 is 23.6 Å². The molecule has 2 heterocycles. The van der Waals surface area contributed by atoms with Crippen molar-refractivity contribution in [3.63, 3.8) is 0 Å². The molecule has 2 aromatic rings. The van der Waals surface area contributed by atoms with Gasteiger partial charge in [0.2, 0.25) is 0 Å². The van der Waals surface area contributed by atoms with Crippen LogP contribution in [-0.2, 0) is 9.47 Å². The lowest BCUT2D eigenvalue weighted by Gasteiger charge is -2.52. The average Bonchev–Trinajstić information content (AvgIpc) is 3.04. The Morgan fingerprint density at radius 2 is 0.979 bits per heavy atom. The number of benzene rings is 2. The second-order valence-corrected chi connectivity index (χ2v) is 14.9. The summed E-state index contributed by atoms with van der Waals surface area (Å²) in [5.74, 6) is 1.58. The monoisotopic (exact) mass is 650 g/mol. The Hall–Kier alpha value is -3.30. The van der Waals surface area contributed by atoms with Gasteiger partial charge in [-0.15, -0.1) is 0 Å². The van der Waals surface area contributed by atoms with Gasteiger partial charge < -0.3 is 24.8 Å². The fraction of sp³-hybridized carbons (Fsp3) is 0.632. The third-order valence-electron chi connectivity index (χ3n) is 11.6. The third-order valence-corrected chi connectivity index (χ3v) is 11.6. The summed E-state index contributed by atoms with van der Waals surface area (Å²) in [4.78, 5) is 25.8. The van der Waals surface area contributed by atoms with Crippen molar-refractivity contribution in [1.29, 1.82) is 0 Å². The minimum atomic E-state index is -0.454. The maximum Gasteiger partial charge on any atom is 0.411 e. The van der Waals surface area contributed by atoms with E-state index in [2.05, 4.69) is 90.5 Å². The standard InChI is InChI=1S/C38H58N4O5/c1-11-35(7)23-31(25(5)37(9,13-3)41-35)46-33(43)39-27-15-19-29(20-16-27)45-30-21-17-28(18-22-30)40-34(44)47-32-24-36(8,12-2)42-38(10,14-4)26(32)6/h15-22,25-26,31-32,41-42H,11-14,23-24H2,1-10H3,(H,39,43)(H,40,44). The first kappa shape index (κ1) is 36.5. The van der Waals surface area contributed by atoms with Crippen LogP contribution in [0.4, 0.5) is 21.0 Å². The van der Waals surface area contributed by atoms with E-state index in [0.29, 0.717) is 22.9 Å². The number of piperidine rings is 2. The molecule has 8 unspecified atom stereocenters. The van der Waals surface area contributed by atoms with Crippen molar-refractivity contribution < 1.29 is 23.8 Å². The summed E-state index contributed by atoms with van der Waals surface area (Å²) in [6.07, 6.45) is 4.08. The highest BCUT2D eigenvalue weighted by atomic mass is 16.6. The molecule has 2 aromatic carbocycles. The number of hydrogen-bond donors (Lipinski definition) is 4. The van der Waals surface area contributed by atoms with Gasteiger partial charge in [-0.25, -0.2) is 9.59 Å². The average molecular weight is 651 g/mol. The number of ether oxygens (including phenoxy) is 3. The molecule has 9 nitrogen and oxygen atoms in total. The lowest BCUT2D eigenvalue weighted by molar-refractivity contribution is -0.0338. The van der Waals surface area contributed by atoms with Crippen LogP contribution in [0.3, 0.4) is 0 Å². The van der Waals surface area contributed by atoms with Crippen LogP contribution < -0.4 is 26.0 Å². The fourth-order valence-electron chi connectivity index (χ4n) is 7.26. The predicted molar refractivity (Wildman–Crippen MR) is 189 cm³/mol. The Bertz CT molecular complexity index is 1270. The molecule has 2 saturated heterocycles. The molecule has 2 amide bonds. The van der Waals surface area contributed by atoms with Crippen molar-refractivity contribution in [3.8, 4) is 11.5 Å². The van der Waals surface area contributed by atoms with E-state index in [0.717, 1.165) is 38.5 Å². The van der Waals surface area contributed by atoms with Crippen LogP contribution in [0.5, 0.6) is 11.5 Å². The van der Waals surface area contributed by atoms with E-state index in [1.165, 1.54) is 0 Å². The highest BCUT2D eigenvalue weighted by molar-refractivity contribution is 5.85. The maximum absolute atomic E-state index is 12.9. The molecule has 0 saturated carbocycles. The quantitative estimate of drug-likeness (QED) is 0.203. The van der Waals surface area contributed by atoms with Crippen LogP contribution >= 0.6 is 0 Å². The molecule has 4 rings (SSSR count). The summed E-state index contributed by atoms with van der Waals surface area (Å²) in [5, 5.41) is 13.4. The Morgan fingerprint density at radius 3 is 1.28 bits per heavy atom. The summed E-state index contributed by atoms with van der Waals surface area (Å²) >= 11 is 0. The first-order valence-corrected chi connectivity index (χ1v) is 17.5. The molecule has 2 fully saturated rings. The van der Waals surface area contributed by atoms with Gasteiger partial charge in [0.15, 0.2) is 0 Å². The summed E-state index contributed by atoms with van der Waals surface area (Å²) in [7, 11) is 0. The minimum absolute atomic E-state index is 0.0849. The third kappa shape index (κ3) is 8.60. The second kappa shape index (κ2) is 14.4. The minimum Gasteiger partial charge on any atom is -0.457 e. The number of amides is 2. The van der Waals surface area contributed by atoms with Gasteiger partial charge in [0.25, 0.3) is 0 Å². The normalized spacial score (nSPS) is 33.8. The molecule has 47 heavy (non-hydrogen) atoms. The van der Waals surface area contributed by atoms with Crippen molar-refractivity contribution in [2.24, 2.45) is 11.8 Å². The van der Waals surface area contributed by atoms with E-state index in [1.54, 1.807) is 48.5 Å². The number of anilines is 2. The number of nitrogens with one attached hydrogen (secondary N) is 4. The van der Waals surface area contributed by atoms with Gasteiger partial charge in [-0.2, -0.15) is 0 Å². The highest BCUT2D eigenvalue weighted by Gasteiger charge is 2.49. The Kier molecular flexibility index (Phi) is 11.2. The largest absolute Gasteiger partial charge is 0.457 e. The molecule has 0 spiro atoms. The first-order valence-electron chi connectivity index (χ1n) is 17.5. The summed E-state index contributed by atoms with van der Waals surface area (Å²) in [6, 6.07) is 14.3. The van der Waals surface area contributed by atoms with Crippen LogP contribution in [0.25, 0.3) is 0 Å². The van der Waals surface area contributed by atoms with E-state index in [1.807, 2.05) is 0 Å². The molecular formula is C38H58N4O5. The van der Waals surface area contributed by atoms with Crippen LogP contribution in [0.15, 0.2) is 48.5 Å². The number of rotatable bonds is 10. The summed E-state index contributed by atoms with van der Waals surface area (Å²) < 4.78 is 18.0. The second-order valence-electron chi connectivity index (χ2n) is 14.9. The maximum atomic E-state index is 12.9. The van der Waals surface area contributed by atoms with Gasteiger partial charge in [0, 0.05) is 58.2 Å².